The summed E-state index contributed by atoms with van der Waals surface area (Å²) in [4.78, 5) is 12.4. The molecular formula is C20H15Cl3N2O2. The molecule has 0 radical (unpaired) electrons. The fraction of sp³-hybridized carbons (Fsp3) is 0.100. The summed E-state index contributed by atoms with van der Waals surface area (Å²) >= 11 is 17.9. The Labute approximate surface area is 171 Å². The normalized spacial score (nSPS) is 11.1. The minimum atomic E-state index is -0.201. The van der Waals surface area contributed by atoms with Crippen LogP contribution >= 0.6 is 34.8 Å². The van der Waals surface area contributed by atoms with Gasteiger partial charge in [0.1, 0.15) is 5.75 Å². The van der Waals surface area contributed by atoms with Crippen molar-refractivity contribution in [2.45, 2.75) is 6.54 Å². The zero-order valence-corrected chi connectivity index (χ0v) is 16.6. The standard InChI is InChI=1S/C20H15Cl3N2O2/c1-27-20-7-3-13(8-14(20)11-25-12-16(22)10-24-25)2-6-19(26)17-5-4-15(21)9-18(17)23/h2-10,12H,11H2,1H3/b6-2+. The summed E-state index contributed by atoms with van der Waals surface area (Å²) in [6.07, 6.45) is 6.51. The van der Waals surface area contributed by atoms with Gasteiger partial charge in [-0.1, -0.05) is 46.9 Å². The van der Waals surface area contributed by atoms with Crippen molar-refractivity contribution >= 4 is 46.7 Å². The minimum Gasteiger partial charge on any atom is -0.496 e. The third-order valence-electron chi connectivity index (χ3n) is 3.86. The summed E-state index contributed by atoms with van der Waals surface area (Å²) in [7, 11) is 1.61. The molecule has 7 heteroatoms. The first kappa shape index (κ1) is 19.5. The Hall–Kier alpha value is -2.27. The Kier molecular flexibility index (Phi) is 6.22. The maximum atomic E-state index is 12.4. The lowest BCUT2D eigenvalue weighted by Crippen LogP contribution is -2.02. The number of methoxy groups -OCH3 is 1. The van der Waals surface area contributed by atoms with Crippen LogP contribution in [-0.2, 0) is 6.54 Å². The maximum absolute atomic E-state index is 12.4. The first-order valence-electron chi connectivity index (χ1n) is 7.98. The molecule has 1 heterocycles. The molecule has 0 aliphatic rings. The molecule has 0 amide bonds. The molecule has 0 atom stereocenters. The van der Waals surface area contributed by atoms with Crippen LogP contribution in [0.25, 0.3) is 6.08 Å². The molecule has 0 fully saturated rings. The van der Waals surface area contributed by atoms with Gasteiger partial charge in [0.05, 0.1) is 29.9 Å². The number of allylic oxidation sites excluding steroid dienone is 1. The van der Waals surface area contributed by atoms with Crippen LogP contribution < -0.4 is 4.74 Å². The van der Waals surface area contributed by atoms with Crippen LogP contribution in [0.5, 0.6) is 5.75 Å². The summed E-state index contributed by atoms with van der Waals surface area (Å²) < 4.78 is 7.12. The first-order valence-corrected chi connectivity index (χ1v) is 9.12. The zero-order chi connectivity index (χ0) is 19.4. The Morgan fingerprint density at radius 2 is 1.96 bits per heavy atom. The molecule has 138 valence electrons. The number of benzene rings is 2. The van der Waals surface area contributed by atoms with Gasteiger partial charge in [0, 0.05) is 22.3 Å². The molecule has 3 rings (SSSR count). The van der Waals surface area contributed by atoms with Crippen LogP contribution in [0.15, 0.2) is 54.9 Å². The fourth-order valence-corrected chi connectivity index (χ4v) is 3.23. The van der Waals surface area contributed by atoms with E-state index in [-0.39, 0.29) is 5.78 Å². The second kappa shape index (κ2) is 8.61. The van der Waals surface area contributed by atoms with Gasteiger partial charge in [0.2, 0.25) is 0 Å². The van der Waals surface area contributed by atoms with Crippen LogP contribution in [0.1, 0.15) is 21.5 Å². The Morgan fingerprint density at radius 1 is 1.15 bits per heavy atom. The third kappa shape index (κ3) is 4.92. The quantitative estimate of drug-likeness (QED) is 0.373. The maximum Gasteiger partial charge on any atom is 0.187 e. The molecule has 0 aliphatic heterocycles. The van der Waals surface area contributed by atoms with Crippen LogP contribution in [-0.4, -0.2) is 22.7 Å². The van der Waals surface area contributed by atoms with Crippen molar-refractivity contribution in [2.75, 3.05) is 7.11 Å². The predicted octanol–water partition coefficient (Wildman–Crippen LogP) is 5.80. The first-order chi connectivity index (χ1) is 13.0. The number of hydrogen-bond acceptors (Lipinski definition) is 3. The van der Waals surface area contributed by atoms with Crippen LogP contribution in [0.4, 0.5) is 0 Å². The van der Waals surface area contributed by atoms with Gasteiger partial charge in [0.15, 0.2) is 5.78 Å². The average molecular weight is 422 g/mol. The molecular weight excluding hydrogens is 407 g/mol. The molecule has 0 aliphatic carbocycles. The van der Waals surface area contributed by atoms with Crippen LogP contribution in [0.3, 0.4) is 0 Å². The number of aromatic nitrogens is 2. The Bertz CT molecular complexity index is 1010. The summed E-state index contributed by atoms with van der Waals surface area (Å²) in [5.41, 5.74) is 2.16. The fourth-order valence-electron chi connectivity index (χ4n) is 2.58. The number of ketones is 1. The molecule has 3 aromatic rings. The Balaban J connectivity index is 1.83. The van der Waals surface area contributed by atoms with Gasteiger partial charge in [-0.3, -0.25) is 9.48 Å². The van der Waals surface area contributed by atoms with Gasteiger partial charge >= 0.3 is 0 Å². The zero-order valence-electron chi connectivity index (χ0n) is 14.3. The molecule has 0 saturated heterocycles. The highest BCUT2D eigenvalue weighted by Gasteiger charge is 2.09. The minimum absolute atomic E-state index is 0.201. The van der Waals surface area contributed by atoms with Crippen molar-refractivity contribution in [1.82, 2.24) is 9.78 Å². The monoisotopic (exact) mass is 420 g/mol. The highest BCUT2D eigenvalue weighted by Crippen LogP contribution is 2.24. The van der Waals surface area contributed by atoms with Gasteiger partial charge in [-0.25, -0.2) is 0 Å². The van der Waals surface area contributed by atoms with Crippen molar-refractivity contribution in [2.24, 2.45) is 0 Å². The van der Waals surface area contributed by atoms with Crippen LogP contribution in [0, 0.1) is 0 Å². The molecule has 27 heavy (non-hydrogen) atoms. The molecule has 0 N–H and O–H groups in total. The van der Waals surface area contributed by atoms with Gasteiger partial charge in [0.25, 0.3) is 0 Å². The molecule has 0 spiro atoms. The van der Waals surface area contributed by atoms with Crippen molar-refractivity contribution in [1.29, 1.82) is 0 Å². The summed E-state index contributed by atoms with van der Waals surface area (Å²) in [5.74, 6) is 0.527. The lowest BCUT2D eigenvalue weighted by Gasteiger charge is -2.09. The summed E-state index contributed by atoms with van der Waals surface area (Å²) in [5, 5.41) is 5.55. The number of halogens is 3. The lowest BCUT2D eigenvalue weighted by atomic mass is 10.1. The highest BCUT2D eigenvalue weighted by atomic mass is 35.5. The van der Waals surface area contributed by atoms with E-state index < -0.39 is 0 Å². The van der Waals surface area contributed by atoms with Crippen molar-refractivity contribution < 1.29 is 9.53 Å². The van der Waals surface area contributed by atoms with E-state index >= 15 is 0 Å². The summed E-state index contributed by atoms with van der Waals surface area (Å²) in [6, 6.07) is 10.4. The molecule has 0 unspecified atom stereocenters. The van der Waals surface area contributed by atoms with Gasteiger partial charge in [-0.05, 0) is 42.0 Å². The smallest absolute Gasteiger partial charge is 0.187 e. The van der Waals surface area contributed by atoms with Gasteiger partial charge in [-0.2, -0.15) is 5.10 Å². The largest absolute Gasteiger partial charge is 0.496 e. The lowest BCUT2D eigenvalue weighted by molar-refractivity contribution is 0.104. The second-order valence-corrected chi connectivity index (χ2v) is 7.03. The number of carbonyl (C=O) groups excluding carboxylic acids is 1. The predicted molar refractivity (Wildman–Crippen MR) is 109 cm³/mol. The number of nitrogens with zero attached hydrogens (tertiary/aromatic N) is 2. The summed E-state index contributed by atoms with van der Waals surface area (Å²) in [6.45, 7) is 0.495. The molecule has 0 bridgehead atoms. The number of ether oxygens (including phenoxy) is 1. The molecule has 1 aromatic heterocycles. The highest BCUT2D eigenvalue weighted by molar-refractivity contribution is 6.37. The van der Waals surface area contributed by atoms with E-state index in [4.69, 9.17) is 39.5 Å². The van der Waals surface area contributed by atoms with Crippen molar-refractivity contribution in [3.8, 4) is 5.75 Å². The van der Waals surface area contributed by atoms with E-state index in [0.29, 0.717) is 27.2 Å². The number of hydrogen-bond donors (Lipinski definition) is 0. The average Bonchev–Trinajstić information content (AvgIpc) is 3.04. The van der Waals surface area contributed by atoms with Crippen molar-refractivity contribution in [3.63, 3.8) is 0 Å². The van der Waals surface area contributed by atoms with Gasteiger partial charge in [-0.15, -0.1) is 0 Å². The SMILES string of the molecule is COc1ccc(/C=C/C(=O)c2ccc(Cl)cc2Cl)cc1Cn1cc(Cl)cn1. The molecule has 2 aromatic carbocycles. The van der Waals surface area contributed by atoms with E-state index in [2.05, 4.69) is 5.10 Å². The molecule has 4 nitrogen and oxygen atoms in total. The van der Waals surface area contributed by atoms with E-state index in [1.54, 1.807) is 48.5 Å². The van der Waals surface area contributed by atoms with Crippen LogP contribution in [0.2, 0.25) is 15.1 Å². The Morgan fingerprint density at radius 3 is 2.63 bits per heavy atom. The van der Waals surface area contributed by atoms with E-state index in [1.165, 1.54) is 6.08 Å². The van der Waals surface area contributed by atoms with Crippen molar-refractivity contribution in [3.05, 3.63) is 86.6 Å². The van der Waals surface area contributed by atoms with Gasteiger partial charge < -0.3 is 4.74 Å². The second-order valence-electron chi connectivity index (χ2n) is 5.75. The third-order valence-corrected chi connectivity index (χ3v) is 4.61. The number of rotatable bonds is 6. The van der Waals surface area contributed by atoms with E-state index in [9.17, 15) is 4.79 Å². The van der Waals surface area contributed by atoms with E-state index in [1.807, 2.05) is 18.2 Å². The van der Waals surface area contributed by atoms with E-state index in [0.717, 1.165) is 16.9 Å². The topological polar surface area (TPSA) is 44.1 Å². The molecule has 0 saturated carbocycles. The number of carbonyl (C=O) groups is 1.